The molecule has 0 radical (unpaired) electrons. The third-order valence-electron chi connectivity index (χ3n) is 3.02. The summed E-state index contributed by atoms with van der Waals surface area (Å²) in [6.07, 6.45) is 0. The molecule has 0 fully saturated rings. The van der Waals surface area contributed by atoms with Gasteiger partial charge in [0, 0.05) is 15.6 Å². The number of halogens is 4. The van der Waals surface area contributed by atoms with Crippen molar-refractivity contribution in [3.05, 3.63) is 63.1 Å². The molecule has 2 rings (SSSR count). The van der Waals surface area contributed by atoms with Crippen LogP contribution in [0.2, 0.25) is 0 Å². The SMILES string of the molecule is COc1cc(Br)ccc1C(Cl)c1cc(F)c(C)cc1F. The molecule has 5 heteroatoms. The lowest BCUT2D eigenvalue weighted by Gasteiger charge is -2.16. The van der Waals surface area contributed by atoms with Crippen LogP contribution in [0, 0.1) is 18.6 Å². The molecule has 0 saturated heterocycles. The van der Waals surface area contributed by atoms with Crippen molar-refractivity contribution in [1.82, 2.24) is 0 Å². The Balaban J connectivity index is 2.51. The molecule has 0 aliphatic heterocycles. The maximum absolute atomic E-state index is 14.0. The molecule has 1 nitrogen and oxygen atoms in total. The predicted molar refractivity (Wildman–Crippen MR) is 79.5 cm³/mol. The predicted octanol–water partition coefficient (Wildman–Crippen LogP) is 5.37. The summed E-state index contributed by atoms with van der Waals surface area (Å²) < 4.78 is 33.6. The third-order valence-corrected chi connectivity index (χ3v) is 3.98. The number of alkyl halides is 1. The number of methoxy groups -OCH3 is 1. The van der Waals surface area contributed by atoms with Crippen LogP contribution in [0.3, 0.4) is 0 Å². The molecule has 1 atom stereocenters. The highest BCUT2D eigenvalue weighted by Gasteiger charge is 2.20. The largest absolute Gasteiger partial charge is 0.496 e. The molecule has 0 N–H and O–H groups in total. The van der Waals surface area contributed by atoms with E-state index >= 15 is 0 Å². The number of aryl methyl sites for hydroxylation is 1. The fourth-order valence-electron chi connectivity index (χ4n) is 1.92. The van der Waals surface area contributed by atoms with Crippen molar-refractivity contribution in [2.24, 2.45) is 0 Å². The Kier molecular flexibility index (Phi) is 4.66. The van der Waals surface area contributed by atoms with E-state index in [1.807, 2.05) is 0 Å². The van der Waals surface area contributed by atoms with E-state index in [0.717, 1.165) is 16.6 Å². The summed E-state index contributed by atoms with van der Waals surface area (Å²) >= 11 is 9.62. The summed E-state index contributed by atoms with van der Waals surface area (Å²) in [6.45, 7) is 1.51. The second-order valence-electron chi connectivity index (χ2n) is 4.37. The number of hydrogen-bond acceptors (Lipinski definition) is 1. The molecule has 106 valence electrons. The van der Waals surface area contributed by atoms with Gasteiger partial charge in [-0.05, 0) is 36.8 Å². The van der Waals surface area contributed by atoms with Crippen LogP contribution in [0.15, 0.2) is 34.8 Å². The van der Waals surface area contributed by atoms with Crippen LogP contribution in [0.4, 0.5) is 8.78 Å². The van der Waals surface area contributed by atoms with Crippen LogP contribution >= 0.6 is 27.5 Å². The monoisotopic (exact) mass is 360 g/mol. The van der Waals surface area contributed by atoms with Crippen LogP contribution in [-0.4, -0.2) is 7.11 Å². The van der Waals surface area contributed by atoms with Crippen molar-refractivity contribution < 1.29 is 13.5 Å². The molecule has 2 aromatic rings. The Morgan fingerprint density at radius 2 is 1.80 bits per heavy atom. The summed E-state index contributed by atoms with van der Waals surface area (Å²) in [5.41, 5.74) is 0.924. The van der Waals surface area contributed by atoms with Gasteiger partial charge in [-0.1, -0.05) is 22.0 Å². The van der Waals surface area contributed by atoms with Crippen molar-refractivity contribution in [2.45, 2.75) is 12.3 Å². The maximum atomic E-state index is 14.0. The van der Waals surface area contributed by atoms with Gasteiger partial charge in [-0.25, -0.2) is 8.78 Å². The number of ether oxygens (including phenoxy) is 1. The molecule has 20 heavy (non-hydrogen) atoms. The number of benzene rings is 2. The molecule has 0 spiro atoms. The maximum Gasteiger partial charge on any atom is 0.128 e. The normalized spacial score (nSPS) is 12.3. The van der Waals surface area contributed by atoms with Gasteiger partial charge in [0.1, 0.15) is 17.4 Å². The van der Waals surface area contributed by atoms with Gasteiger partial charge in [0.25, 0.3) is 0 Å². The van der Waals surface area contributed by atoms with Crippen molar-refractivity contribution in [3.8, 4) is 5.75 Å². The Bertz CT molecular complexity index is 646. The highest BCUT2D eigenvalue weighted by molar-refractivity contribution is 9.10. The number of rotatable bonds is 3. The first kappa shape index (κ1) is 15.3. The summed E-state index contributed by atoms with van der Waals surface area (Å²) in [5.74, 6) is -0.503. The van der Waals surface area contributed by atoms with E-state index in [0.29, 0.717) is 11.3 Å². The molecule has 0 amide bonds. The average molecular weight is 362 g/mol. The zero-order valence-corrected chi connectivity index (χ0v) is 13.2. The van der Waals surface area contributed by atoms with E-state index in [9.17, 15) is 8.78 Å². The Morgan fingerprint density at radius 3 is 2.45 bits per heavy atom. The van der Waals surface area contributed by atoms with E-state index < -0.39 is 17.0 Å². The lowest BCUT2D eigenvalue weighted by atomic mass is 10.0. The molecular formula is C15H12BrClF2O. The van der Waals surface area contributed by atoms with Gasteiger partial charge < -0.3 is 4.74 Å². The topological polar surface area (TPSA) is 9.23 Å². The van der Waals surface area contributed by atoms with Crippen LogP contribution < -0.4 is 4.74 Å². The Hall–Kier alpha value is -1.13. The summed E-state index contributed by atoms with van der Waals surface area (Å²) in [6, 6.07) is 7.50. The molecule has 0 heterocycles. The Labute approximate surface area is 129 Å². The minimum Gasteiger partial charge on any atom is -0.496 e. The summed E-state index contributed by atoms with van der Waals surface area (Å²) in [4.78, 5) is 0. The minimum absolute atomic E-state index is 0.0930. The minimum atomic E-state index is -0.826. The van der Waals surface area contributed by atoms with Gasteiger partial charge in [-0.15, -0.1) is 11.6 Å². The first-order valence-corrected chi connectivity index (χ1v) is 7.10. The van der Waals surface area contributed by atoms with Gasteiger partial charge in [0.05, 0.1) is 12.5 Å². The third kappa shape index (κ3) is 2.96. The van der Waals surface area contributed by atoms with Gasteiger partial charge in [0.15, 0.2) is 0 Å². The molecule has 0 saturated carbocycles. The van der Waals surface area contributed by atoms with Crippen molar-refractivity contribution in [2.75, 3.05) is 7.11 Å². The summed E-state index contributed by atoms with van der Waals surface area (Å²) in [7, 11) is 1.50. The van der Waals surface area contributed by atoms with Crippen molar-refractivity contribution in [3.63, 3.8) is 0 Å². The van der Waals surface area contributed by atoms with Crippen LogP contribution in [0.25, 0.3) is 0 Å². The molecule has 1 unspecified atom stereocenters. The first-order chi connectivity index (χ1) is 9.43. The zero-order valence-electron chi connectivity index (χ0n) is 10.9. The van der Waals surface area contributed by atoms with Gasteiger partial charge >= 0.3 is 0 Å². The van der Waals surface area contributed by atoms with Crippen LogP contribution in [0.5, 0.6) is 5.75 Å². The molecule has 0 aliphatic carbocycles. The van der Waals surface area contributed by atoms with Gasteiger partial charge in [-0.3, -0.25) is 0 Å². The first-order valence-electron chi connectivity index (χ1n) is 5.87. The van der Waals surface area contributed by atoms with Crippen LogP contribution in [-0.2, 0) is 0 Å². The smallest absolute Gasteiger partial charge is 0.128 e. The second kappa shape index (κ2) is 6.10. The lowest BCUT2D eigenvalue weighted by Crippen LogP contribution is -2.02. The van der Waals surface area contributed by atoms with Crippen LogP contribution in [0.1, 0.15) is 22.1 Å². The number of hydrogen-bond donors (Lipinski definition) is 0. The quantitative estimate of drug-likeness (QED) is 0.668. The molecule has 0 aliphatic rings. The summed E-state index contributed by atoms with van der Waals surface area (Å²) in [5, 5.41) is -0.826. The van der Waals surface area contributed by atoms with E-state index in [4.69, 9.17) is 16.3 Å². The Morgan fingerprint density at radius 1 is 1.10 bits per heavy atom. The lowest BCUT2D eigenvalue weighted by molar-refractivity contribution is 0.409. The zero-order chi connectivity index (χ0) is 14.9. The fourth-order valence-corrected chi connectivity index (χ4v) is 2.61. The average Bonchev–Trinajstić information content (AvgIpc) is 2.42. The highest BCUT2D eigenvalue weighted by Crippen LogP contribution is 2.38. The van der Waals surface area contributed by atoms with Gasteiger partial charge in [0.2, 0.25) is 0 Å². The molecule has 2 aromatic carbocycles. The van der Waals surface area contributed by atoms with Crippen molar-refractivity contribution >= 4 is 27.5 Å². The van der Waals surface area contributed by atoms with E-state index in [1.54, 1.807) is 18.2 Å². The van der Waals surface area contributed by atoms with E-state index in [1.165, 1.54) is 14.0 Å². The molecule has 0 aromatic heterocycles. The van der Waals surface area contributed by atoms with E-state index in [-0.39, 0.29) is 11.1 Å². The van der Waals surface area contributed by atoms with Gasteiger partial charge in [-0.2, -0.15) is 0 Å². The van der Waals surface area contributed by atoms with Crippen molar-refractivity contribution in [1.29, 1.82) is 0 Å². The highest BCUT2D eigenvalue weighted by atomic mass is 79.9. The van der Waals surface area contributed by atoms with E-state index in [2.05, 4.69) is 15.9 Å². The fraction of sp³-hybridized carbons (Fsp3) is 0.200. The second-order valence-corrected chi connectivity index (χ2v) is 5.72. The molecule has 0 bridgehead atoms. The molecular weight excluding hydrogens is 350 g/mol. The standard InChI is InChI=1S/C15H12BrClF2O/c1-8-5-13(19)11(7-12(8)18)15(17)10-4-3-9(16)6-14(10)20-2/h3-7,15H,1-2H3.